The molecule has 1 aliphatic heterocycles. The Kier molecular flexibility index (Phi) is 5.31. The van der Waals surface area contributed by atoms with Gasteiger partial charge >= 0.3 is 0 Å². The number of carbonyl (C=O) groups excluding carboxylic acids is 2. The Balaban J connectivity index is 2.14. The molecule has 1 fully saturated rings. The number of amides is 2. The first-order valence-corrected chi connectivity index (χ1v) is 5.42. The summed E-state index contributed by atoms with van der Waals surface area (Å²) in [5.41, 5.74) is 5.04. The highest BCUT2D eigenvalue weighted by Crippen LogP contribution is 2.14. The molecule has 90 valence electrons. The average molecular weight is 226 g/mol. The van der Waals surface area contributed by atoms with Crippen LogP contribution in [0.5, 0.6) is 0 Å². The van der Waals surface area contributed by atoms with Crippen LogP contribution in [0, 0.1) is 5.92 Å². The number of rotatable bonds is 5. The molecule has 0 spiro atoms. The van der Waals surface area contributed by atoms with Crippen LogP contribution >= 0.6 is 0 Å². The summed E-state index contributed by atoms with van der Waals surface area (Å²) >= 11 is 0. The highest BCUT2D eigenvalue weighted by atomic mass is 16.2. The molecule has 16 heavy (non-hydrogen) atoms. The molecular weight excluding hydrogens is 208 g/mol. The lowest BCUT2D eigenvalue weighted by molar-refractivity contribution is -0.121. The second kappa shape index (κ2) is 6.81. The van der Waals surface area contributed by atoms with Gasteiger partial charge in [0.25, 0.3) is 0 Å². The summed E-state index contributed by atoms with van der Waals surface area (Å²) in [7, 11) is 0. The van der Waals surface area contributed by atoms with E-state index in [9.17, 15) is 9.59 Å². The summed E-state index contributed by atoms with van der Waals surface area (Å²) in [5.74, 6) is 0.349. The highest BCUT2D eigenvalue weighted by Gasteiger charge is 2.18. The quantitative estimate of drug-likeness (QED) is 0.356. The normalized spacial score (nSPS) is 17.6. The molecule has 0 aromatic heterocycles. The number of aliphatic imine (C=N–C) groups is 1. The molecule has 0 aromatic rings. The van der Waals surface area contributed by atoms with Crippen molar-refractivity contribution in [3.63, 3.8) is 0 Å². The lowest BCUT2D eigenvalue weighted by Gasteiger charge is -2.29. The van der Waals surface area contributed by atoms with Gasteiger partial charge in [-0.2, -0.15) is 0 Å². The maximum absolute atomic E-state index is 11.2. The molecule has 1 saturated heterocycles. The highest BCUT2D eigenvalue weighted by molar-refractivity contribution is 5.79. The van der Waals surface area contributed by atoms with E-state index in [2.05, 4.69) is 10.3 Å². The molecule has 0 radical (unpaired) electrons. The second-order valence-electron chi connectivity index (χ2n) is 3.88. The van der Waals surface area contributed by atoms with Gasteiger partial charge in [0.05, 0.1) is 6.34 Å². The fourth-order valence-corrected chi connectivity index (χ4v) is 1.71. The fourth-order valence-electron chi connectivity index (χ4n) is 1.71. The van der Waals surface area contributed by atoms with Gasteiger partial charge in [-0.3, -0.25) is 14.6 Å². The molecule has 0 aliphatic carbocycles. The van der Waals surface area contributed by atoms with Crippen molar-refractivity contribution in [1.29, 1.82) is 0 Å². The molecule has 0 atom stereocenters. The van der Waals surface area contributed by atoms with E-state index in [-0.39, 0.29) is 12.5 Å². The summed E-state index contributed by atoms with van der Waals surface area (Å²) in [5, 5.41) is 2.80. The Morgan fingerprint density at radius 1 is 1.50 bits per heavy atom. The van der Waals surface area contributed by atoms with Gasteiger partial charge in [0.1, 0.15) is 6.54 Å². The fraction of sp³-hybridized carbons (Fsp3) is 0.700. The summed E-state index contributed by atoms with van der Waals surface area (Å²) in [6.45, 7) is 2.31. The lowest BCUT2D eigenvalue weighted by Crippen LogP contribution is -2.38. The Morgan fingerprint density at radius 3 is 2.75 bits per heavy atom. The number of nitrogens with zero attached hydrogens (tertiary/aromatic N) is 2. The lowest BCUT2D eigenvalue weighted by atomic mass is 9.97. The number of nitrogens with one attached hydrogen (secondary N) is 1. The van der Waals surface area contributed by atoms with E-state index in [0.29, 0.717) is 12.5 Å². The van der Waals surface area contributed by atoms with Crippen LogP contribution in [0.3, 0.4) is 0 Å². The summed E-state index contributed by atoms with van der Waals surface area (Å²) in [6, 6.07) is 0. The minimum atomic E-state index is -0.112. The van der Waals surface area contributed by atoms with Crippen molar-refractivity contribution in [3.05, 3.63) is 0 Å². The monoisotopic (exact) mass is 226 g/mol. The number of carbonyl (C=O) groups is 2. The van der Waals surface area contributed by atoms with Crippen molar-refractivity contribution < 1.29 is 9.59 Å². The van der Waals surface area contributed by atoms with Gasteiger partial charge in [0, 0.05) is 19.6 Å². The van der Waals surface area contributed by atoms with Crippen LogP contribution in [0.1, 0.15) is 12.8 Å². The first-order valence-electron chi connectivity index (χ1n) is 5.42. The Bertz CT molecular complexity index is 260. The molecule has 0 saturated carbocycles. The van der Waals surface area contributed by atoms with E-state index in [1.54, 1.807) is 4.90 Å². The maximum atomic E-state index is 11.2. The predicted molar refractivity (Wildman–Crippen MR) is 60.9 cm³/mol. The second-order valence-corrected chi connectivity index (χ2v) is 3.88. The Labute approximate surface area is 94.9 Å². The molecular formula is C10H18N4O2. The molecule has 1 aliphatic rings. The Morgan fingerprint density at radius 2 is 2.19 bits per heavy atom. The SMILES string of the molecule is NC=NCC(=O)NCC1CCN(C=O)CC1. The topological polar surface area (TPSA) is 87.8 Å². The summed E-state index contributed by atoms with van der Waals surface area (Å²) < 4.78 is 0. The predicted octanol–water partition coefficient (Wildman–Crippen LogP) is -1.04. The van der Waals surface area contributed by atoms with E-state index in [1.807, 2.05) is 0 Å². The van der Waals surface area contributed by atoms with Crippen LogP contribution in [-0.4, -0.2) is 49.7 Å². The van der Waals surface area contributed by atoms with Crippen LogP contribution < -0.4 is 11.1 Å². The van der Waals surface area contributed by atoms with Gasteiger partial charge in [0.2, 0.25) is 12.3 Å². The minimum Gasteiger partial charge on any atom is -0.390 e. The molecule has 2 amide bonds. The van der Waals surface area contributed by atoms with Crippen LogP contribution in [0.2, 0.25) is 0 Å². The zero-order valence-electron chi connectivity index (χ0n) is 9.26. The van der Waals surface area contributed by atoms with E-state index < -0.39 is 0 Å². The van der Waals surface area contributed by atoms with Gasteiger partial charge in [-0.15, -0.1) is 0 Å². The molecule has 6 nitrogen and oxygen atoms in total. The van der Waals surface area contributed by atoms with Crippen molar-refractivity contribution >= 4 is 18.7 Å². The van der Waals surface area contributed by atoms with Crippen LogP contribution in [0.25, 0.3) is 0 Å². The van der Waals surface area contributed by atoms with E-state index >= 15 is 0 Å². The van der Waals surface area contributed by atoms with Crippen molar-refractivity contribution in [1.82, 2.24) is 10.2 Å². The van der Waals surface area contributed by atoms with E-state index in [1.165, 1.54) is 0 Å². The first-order chi connectivity index (χ1) is 7.76. The first kappa shape index (κ1) is 12.5. The molecule has 0 aromatic carbocycles. The van der Waals surface area contributed by atoms with Gasteiger partial charge in [-0.1, -0.05) is 0 Å². The molecule has 0 unspecified atom stereocenters. The number of hydrogen-bond acceptors (Lipinski definition) is 3. The average Bonchev–Trinajstić information content (AvgIpc) is 2.34. The largest absolute Gasteiger partial charge is 0.390 e. The Hall–Kier alpha value is -1.59. The molecule has 1 rings (SSSR count). The molecule has 6 heteroatoms. The summed E-state index contributed by atoms with van der Waals surface area (Å²) in [6.07, 6.45) is 3.89. The number of piperidine rings is 1. The smallest absolute Gasteiger partial charge is 0.241 e. The van der Waals surface area contributed by atoms with Crippen LogP contribution in [0.15, 0.2) is 4.99 Å². The minimum absolute atomic E-state index is 0.0870. The van der Waals surface area contributed by atoms with Crippen molar-refractivity contribution in [2.75, 3.05) is 26.2 Å². The number of likely N-dealkylation sites (tertiary alicyclic amines) is 1. The van der Waals surface area contributed by atoms with Gasteiger partial charge < -0.3 is 16.0 Å². The van der Waals surface area contributed by atoms with Gasteiger partial charge in [-0.25, -0.2) is 0 Å². The van der Waals surface area contributed by atoms with Gasteiger partial charge in [0.15, 0.2) is 0 Å². The van der Waals surface area contributed by atoms with Crippen LogP contribution in [-0.2, 0) is 9.59 Å². The third-order valence-corrected chi connectivity index (χ3v) is 2.73. The summed E-state index contributed by atoms with van der Waals surface area (Å²) in [4.78, 5) is 27.1. The van der Waals surface area contributed by atoms with E-state index in [0.717, 1.165) is 38.7 Å². The van der Waals surface area contributed by atoms with Crippen molar-refractivity contribution in [2.24, 2.45) is 16.6 Å². The molecule has 1 heterocycles. The molecule has 0 bridgehead atoms. The number of nitrogens with two attached hydrogens (primary N) is 1. The number of hydrogen-bond donors (Lipinski definition) is 2. The third-order valence-electron chi connectivity index (χ3n) is 2.73. The van der Waals surface area contributed by atoms with Crippen molar-refractivity contribution in [2.45, 2.75) is 12.8 Å². The standard InChI is InChI=1S/C10H18N4O2/c11-7-12-6-10(16)13-5-9-1-3-14(8-15)4-2-9/h7-9H,1-6H2,(H2,11,12)(H,13,16). The zero-order valence-corrected chi connectivity index (χ0v) is 9.26. The third kappa shape index (κ3) is 4.29. The zero-order chi connectivity index (χ0) is 11.8. The molecule has 3 N–H and O–H groups in total. The van der Waals surface area contributed by atoms with Gasteiger partial charge in [-0.05, 0) is 18.8 Å². The van der Waals surface area contributed by atoms with E-state index in [4.69, 9.17) is 5.73 Å². The van der Waals surface area contributed by atoms with Crippen molar-refractivity contribution in [3.8, 4) is 0 Å². The van der Waals surface area contributed by atoms with Crippen LogP contribution in [0.4, 0.5) is 0 Å². The maximum Gasteiger partial charge on any atom is 0.241 e.